The summed E-state index contributed by atoms with van der Waals surface area (Å²) >= 11 is 0. The maximum atomic E-state index is 13.1. The number of rotatable bonds is 8. The first-order valence-corrected chi connectivity index (χ1v) is 12.6. The first-order valence-electron chi connectivity index (χ1n) is 11.1. The molecule has 1 heterocycles. The SMILES string of the molecule is CCOc1ccc(C=Nc2ccc(S(=O)(=O)N3CCc4ccccc4C3)cc2)cc1OCC. The third kappa shape index (κ3) is 5.26. The number of ether oxygens (including phenoxy) is 2. The van der Waals surface area contributed by atoms with E-state index in [1.165, 1.54) is 5.56 Å². The highest BCUT2D eigenvalue weighted by atomic mass is 32.2. The normalized spacial score (nSPS) is 14.2. The van der Waals surface area contributed by atoms with E-state index in [0.29, 0.717) is 43.5 Å². The average Bonchev–Trinajstić information content (AvgIpc) is 2.84. The maximum Gasteiger partial charge on any atom is 0.243 e. The standard InChI is InChI=1S/C26H28N2O4S/c1-3-31-25-14-9-20(17-26(25)32-4-2)18-27-23-10-12-24(13-11-23)33(29,30)28-16-15-21-7-5-6-8-22(21)19-28/h5-14,17-18H,3-4,15-16,19H2,1-2H3. The fraction of sp³-hybridized carbons (Fsp3) is 0.269. The van der Waals surface area contributed by atoms with Gasteiger partial charge in [0.25, 0.3) is 0 Å². The van der Waals surface area contributed by atoms with Crippen LogP contribution in [0.2, 0.25) is 0 Å². The first-order chi connectivity index (χ1) is 16.0. The molecule has 0 atom stereocenters. The van der Waals surface area contributed by atoms with E-state index < -0.39 is 10.0 Å². The summed E-state index contributed by atoms with van der Waals surface area (Å²) in [5, 5.41) is 0. The molecule has 3 aromatic rings. The quantitative estimate of drug-likeness (QED) is 0.441. The molecule has 1 aliphatic heterocycles. The summed E-state index contributed by atoms with van der Waals surface area (Å²) in [6.45, 7) is 5.84. The molecule has 0 bridgehead atoms. The summed E-state index contributed by atoms with van der Waals surface area (Å²) in [4.78, 5) is 4.77. The van der Waals surface area contributed by atoms with Crippen molar-refractivity contribution >= 4 is 21.9 Å². The van der Waals surface area contributed by atoms with Gasteiger partial charge in [0, 0.05) is 19.3 Å². The van der Waals surface area contributed by atoms with E-state index in [1.807, 2.05) is 50.2 Å². The van der Waals surface area contributed by atoms with Crippen LogP contribution in [0.3, 0.4) is 0 Å². The van der Waals surface area contributed by atoms with Crippen LogP contribution in [0.4, 0.5) is 5.69 Å². The molecule has 0 radical (unpaired) electrons. The summed E-state index contributed by atoms with van der Waals surface area (Å²) in [7, 11) is -3.56. The molecule has 0 spiro atoms. The fourth-order valence-corrected chi connectivity index (χ4v) is 5.24. The Hall–Kier alpha value is -3.16. The Bertz CT molecular complexity index is 1240. The van der Waals surface area contributed by atoms with Crippen molar-refractivity contribution in [3.05, 3.63) is 83.4 Å². The number of sulfonamides is 1. The molecule has 172 valence electrons. The van der Waals surface area contributed by atoms with Gasteiger partial charge in [0.1, 0.15) is 0 Å². The second-order valence-corrected chi connectivity index (χ2v) is 9.62. The molecular formula is C26H28N2O4S. The van der Waals surface area contributed by atoms with E-state index in [4.69, 9.17) is 9.47 Å². The minimum Gasteiger partial charge on any atom is -0.490 e. The van der Waals surface area contributed by atoms with E-state index in [-0.39, 0.29) is 4.90 Å². The van der Waals surface area contributed by atoms with Crippen LogP contribution in [-0.4, -0.2) is 38.7 Å². The maximum absolute atomic E-state index is 13.1. The molecule has 1 aliphatic rings. The molecule has 0 aliphatic carbocycles. The van der Waals surface area contributed by atoms with E-state index in [9.17, 15) is 8.42 Å². The monoisotopic (exact) mass is 464 g/mol. The molecular weight excluding hydrogens is 436 g/mol. The summed E-state index contributed by atoms with van der Waals surface area (Å²) < 4.78 is 39.1. The molecule has 6 nitrogen and oxygen atoms in total. The van der Waals surface area contributed by atoms with E-state index in [1.54, 1.807) is 34.8 Å². The number of nitrogens with zero attached hydrogens (tertiary/aromatic N) is 2. The van der Waals surface area contributed by atoms with Gasteiger partial charge in [-0.2, -0.15) is 4.31 Å². The average molecular weight is 465 g/mol. The van der Waals surface area contributed by atoms with Crippen molar-refractivity contribution in [2.45, 2.75) is 31.7 Å². The first kappa shape index (κ1) is 23.0. The van der Waals surface area contributed by atoms with Crippen molar-refractivity contribution in [2.24, 2.45) is 4.99 Å². The highest BCUT2D eigenvalue weighted by Crippen LogP contribution is 2.29. The van der Waals surface area contributed by atoms with Crippen molar-refractivity contribution in [2.75, 3.05) is 19.8 Å². The van der Waals surface area contributed by atoms with Gasteiger partial charge < -0.3 is 9.47 Å². The van der Waals surface area contributed by atoms with Crippen molar-refractivity contribution in [3.8, 4) is 11.5 Å². The highest BCUT2D eigenvalue weighted by Gasteiger charge is 2.28. The molecule has 7 heteroatoms. The third-order valence-electron chi connectivity index (χ3n) is 5.50. The van der Waals surface area contributed by atoms with Gasteiger partial charge in [-0.15, -0.1) is 0 Å². The lowest BCUT2D eigenvalue weighted by Crippen LogP contribution is -2.35. The second kappa shape index (κ2) is 10.2. The molecule has 3 aromatic carbocycles. The predicted octanol–water partition coefficient (Wildman–Crippen LogP) is 4.98. The number of hydrogen-bond donors (Lipinski definition) is 0. The van der Waals surface area contributed by atoms with Gasteiger partial charge in [0.15, 0.2) is 11.5 Å². The van der Waals surface area contributed by atoms with Crippen LogP contribution in [0.1, 0.15) is 30.5 Å². The Kier molecular flexibility index (Phi) is 7.11. The summed E-state index contributed by atoms with van der Waals surface area (Å²) in [5.41, 5.74) is 3.82. The molecule has 0 saturated carbocycles. The van der Waals surface area contributed by atoms with E-state index in [2.05, 4.69) is 11.1 Å². The van der Waals surface area contributed by atoms with Gasteiger partial charge in [0.05, 0.1) is 23.8 Å². The minimum absolute atomic E-state index is 0.278. The van der Waals surface area contributed by atoms with Crippen molar-refractivity contribution in [1.29, 1.82) is 0 Å². The molecule has 0 saturated heterocycles. The second-order valence-electron chi connectivity index (χ2n) is 7.68. The lowest BCUT2D eigenvalue weighted by Gasteiger charge is -2.28. The lowest BCUT2D eigenvalue weighted by atomic mass is 10.0. The zero-order valence-electron chi connectivity index (χ0n) is 18.9. The smallest absolute Gasteiger partial charge is 0.243 e. The molecule has 0 aromatic heterocycles. The van der Waals surface area contributed by atoms with Crippen molar-refractivity contribution in [3.63, 3.8) is 0 Å². The predicted molar refractivity (Wildman–Crippen MR) is 130 cm³/mol. The largest absolute Gasteiger partial charge is 0.490 e. The third-order valence-corrected chi connectivity index (χ3v) is 7.36. The number of benzene rings is 3. The van der Waals surface area contributed by atoms with Crippen LogP contribution < -0.4 is 9.47 Å². The van der Waals surface area contributed by atoms with Crippen LogP contribution in [0.5, 0.6) is 11.5 Å². The summed E-state index contributed by atoms with van der Waals surface area (Å²) in [5.74, 6) is 1.37. The van der Waals surface area contributed by atoms with E-state index in [0.717, 1.165) is 17.5 Å². The fourth-order valence-electron chi connectivity index (χ4n) is 3.83. The van der Waals surface area contributed by atoms with Crippen molar-refractivity contribution in [1.82, 2.24) is 4.31 Å². The Morgan fingerprint density at radius 1 is 0.909 bits per heavy atom. The topological polar surface area (TPSA) is 68.2 Å². The Balaban J connectivity index is 1.48. The number of hydrogen-bond acceptors (Lipinski definition) is 5. The van der Waals surface area contributed by atoms with Gasteiger partial charge in [-0.1, -0.05) is 24.3 Å². The van der Waals surface area contributed by atoms with Crippen LogP contribution in [0, 0.1) is 0 Å². The van der Waals surface area contributed by atoms with Crippen LogP contribution in [-0.2, 0) is 23.0 Å². The zero-order valence-corrected chi connectivity index (χ0v) is 19.7. The molecule has 4 rings (SSSR count). The zero-order chi connectivity index (χ0) is 23.3. The van der Waals surface area contributed by atoms with Gasteiger partial charge in [0.2, 0.25) is 10.0 Å². The minimum atomic E-state index is -3.56. The summed E-state index contributed by atoms with van der Waals surface area (Å²) in [6, 6.07) is 20.3. The van der Waals surface area contributed by atoms with Crippen molar-refractivity contribution < 1.29 is 17.9 Å². The lowest BCUT2D eigenvalue weighted by molar-refractivity contribution is 0.288. The Morgan fingerprint density at radius 3 is 2.33 bits per heavy atom. The molecule has 0 amide bonds. The van der Waals surface area contributed by atoms with Gasteiger partial charge in [-0.05, 0) is 79.4 Å². The summed E-state index contributed by atoms with van der Waals surface area (Å²) in [6.07, 6.45) is 2.45. The van der Waals surface area contributed by atoms with Gasteiger partial charge in [-0.25, -0.2) is 8.42 Å². The van der Waals surface area contributed by atoms with Gasteiger partial charge >= 0.3 is 0 Å². The highest BCUT2D eigenvalue weighted by molar-refractivity contribution is 7.89. The molecule has 0 N–H and O–H groups in total. The molecule has 0 fully saturated rings. The van der Waals surface area contributed by atoms with Crippen LogP contribution in [0.25, 0.3) is 0 Å². The van der Waals surface area contributed by atoms with Gasteiger partial charge in [-0.3, -0.25) is 4.99 Å². The number of fused-ring (bicyclic) bond motifs is 1. The Labute approximate surface area is 195 Å². The van der Waals surface area contributed by atoms with Crippen LogP contribution in [0.15, 0.2) is 76.6 Å². The molecule has 0 unspecified atom stereocenters. The van der Waals surface area contributed by atoms with Crippen LogP contribution >= 0.6 is 0 Å². The number of aliphatic imine (C=N–C) groups is 1. The Morgan fingerprint density at radius 2 is 1.61 bits per heavy atom. The molecule has 33 heavy (non-hydrogen) atoms. The van der Waals surface area contributed by atoms with E-state index >= 15 is 0 Å².